The van der Waals surface area contributed by atoms with Crippen molar-refractivity contribution < 1.29 is 29.9 Å². The summed E-state index contributed by atoms with van der Waals surface area (Å²) in [5.74, 6) is 0. The summed E-state index contributed by atoms with van der Waals surface area (Å²) in [7, 11) is 0. The summed E-state index contributed by atoms with van der Waals surface area (Å²) in [5.41, 5.74) is 0. The predicted molar refractivity (Wildman–Crippen MR) is 128 cm³/mol. The van der Waals surface area contributed by atoms with Gasteiger partial charge in [0.25, 0.3) is 0 Å². The van der Waals surface area contributed by atoms with Crippen molar-refractivity contribution in [3.63, 3.8) is 0 Å². The molecule has 1 fully saturated rings. The Labute approximate surface area is 196 Å². The molecule has 1 aliphatic rings. The average molecular weight is 461 g/mol. The minimum Gasteiger partial charge on any atom is -0.394 e. The van der Waals surface area contributed by atoms with Crippen molar-refractivity contribution in [1.29, 1.82) is 0 Å². The minimum atomic E-state index is -1.37. The van der Waals surface area contributed by atoms with Crippen LogP contribution in [-0.2, 0) is 9.47 Å². The van der Waals surface area contributed by atoms with Gasteiger partial charge >= 0.3 is 0 Å². The summed E-state index contributed by atoms with van der Waals surface area (Å²) in [6.45, 7) is 2.28. The predicted octanol–water partition coefficient (Wildman–Crippen LogP) is 4.84. The standard InChI is InChI=1S/C26H52O6/c1-2-3-4-5-6-7-8-9-10-11-12-13-14-15-16-17-18-19-20-31-26-25(30)24(29)23(28)22(21-27)32-26/h22-30H,2-21H2,1H3/t22-,23-,24+,25-,26-/m1/s1. The van der Waals surface area contributed by atoms with Crippen LogP contribution < -0.4 is 0 Å². The first-order valence-corrected chi connectivity index (χ1v) is 13.5. The van der Waals surface area contributed by atoms with Gasteiger partial charge in [-0.1, -0.05) is 116 Å². The number of hydrogen-bond acceptors (Lipinski definition) is 6. The van der Waals surface area contributed by atoms with Gasteiger partial charge in [-0.3, -0.25) is 0 Å². The van der Waals surface area contributed by atoms with E-state index in [4.69, 9.17) is 9.47 Å². The Morgan fingerprint density at radius 3 is 1.38 bits per heavy atom. The molecule has 1 aliphatic heterocycles. The van der Waals surface area contributed by atoms with Crippen LogP contribution in [0.2, 0.25) is 0 Å². The summed E-state index contributed by atoms with van der Waals surface area (Å²) in [6, 6.07) is 0. The number of rotatable bonds is 21. The van der Waals surface area contributed by atoms with Crippen molar-refractivity contribution in [2.75, 3.05) is 13.2 Å². The van der Waals surface area contributed by atoms with Gasteiger partial charge in [-0.25, -0.2) is 0 Å². The molecule has 0 unspecified atom stereocenters. The Hall–Kier alpha value is -0.240. The number of ether oxygens (including phenoxy) is 2. The number of unbranched alkanes of at least 4 members (excludes halogenated alkanes) is 17. The van der Waals surface area contributed by atoms with Crippen molar-refractivity contribution >= 4 is 0 Å². The van der Waals surface area contributed by atoms with Crippen LogP contribution in [0.3, 0.4) is 0 Å². The van der Waals surface area contributed by atoms with Crippen molar-refractivity contribution in [3.8, 4) is 0 Å². The molecule has 4 N–H and O–H groups in total. The van der Waals surface area contributed by atoms with Gasteiger partial charge in [0.15, 0.2) is 6.29 Å². The topological polar surface area (TPSA) is 99.4 Å². The third kappa shape index (κ3) is 13.5. The minimum absolute atomic E-state index is 0.427. The molecule has 0 aromatic rings. The number of aliphatic hydroxyl groups excluding tert-OH is 4. The molecule has 1 heterocycles. The lowest BCUT2D eigenvalue weighted by Crippen LogP contribution is -2.59. The first-order valence-electron chi connectivity index (χ1n) is 13.5. The van der Waals surface area contributed by atoms with Gasteiger partial charge in [0.2, 0.25) is 0 Å². The molecule has 6 heteroatoms. The van der Waals surface area contributed by atoms with Crippen molar-refractivity contribution in [1.82, 2.24) is 0 Å². The van der Waals surface area contributed by atoms with E-state index >= 15 is 0 Å². The lowest BCUT2D eigenvalue weighted by Gasteiger charge is -2.39. The normalized spacial score (nSPS) is 26.0. The van der Waals surface area contributed by atoms with Crippen molar-refractivity contribution in [2.24, 2.45) is 0 Å². The SMILES string of the molecule is CCCCCCCCCCCCCCCCCCCCO[C@@H]1O[C@H](CO)[C@@H](O)[C@H](O)[C@H]1O. The van der Waals surface area contributed by atoms with E-state index < -0.39 is 37.3 Å². The van der Waals surface area contributed by atoms with Crippen LogP contribution in [0.15, 0.2) is 0 Å². The van der Waals surface area contributed by atoms with Gasteiger partial charge in [0, 0.05) is 6.61 Å². The van der Waals surface area contributed by atoms with E-state index in [9.17, 15) is 20.4 Å². The maximum absolute atomic E-state index is 9.93. The highest BCUT2D eigenvalue weighted by Crippen LogP contribution is 2.22. The molecular weight excluding hydrogens is 408 g/mol. The fourth-order valence-electron chi connectivity index (χ4n) is 4.41. The van der Waals surface area contributed by atoms with Crippen LogP contribution in [0.25, 0.3) is 0 Å². The van der Waals surface area contributed by atoms with Gasteiger partial charge < -0.3 is 29.9 Å². The quantitative estimate of drug-likeness (QED) is 0.183. The second-order valence-electron chi connectivity index (χ2n) is 9.58. The molecular formula is C26H52O6. The summed E-state index contributed by atoms with van der Waals surface area (Å²) < 4.78 is 10.9. The van der Waals surface area contributed by atoms with Gasteiger partial charge in [0.1, 0.15) is 24.4 Å². The van der Waals surface area contributed by atoms with Gasteiger partial charge in [0.05, 0.1) is 6.61 Å². The third-order valence-electron chi connectivity index (χ3n) is 6.63. The van der Waals surface area contributed by atoms with Crippen LogP contribution in [0.5, 0.6) is 0 Å². The Bertz CT molecular complexity index is 406. The zero-order chi connectivity index (χ0) is 23.4. The van der Waals surface area contributed by atoms with Gasteiger partial charge in [-0.2, -0.15) is 0 Å². The van der Waals surface area contributed by atoms with E-state index in [1.54, 1.807) is 0 Å². The maximum Gasteiger partial charge on any atom is 0.186 e. The van der Waals surface area contributed by atoms with E-state index in [2.05, 4.69) is 6.92 Å². The summed E-state index contributed by atoms with van der Waals surface area (Å²) >= 11 is 0. The van der Waals surface area contributed by atoms with Gasteiger partial charge in [-0.05, 0) is 6.42 Å². The largest absolute Gasteiger partial charge is 0.394 e. The molecule has 1 saturated heterocycles. The summed E-state index contributed by atoms with van der Waals surface area (Å²) in [5, 5.41) is 38.6. The molecule has 0 amide bonds. The molecule has 0 radical (unpaired) electrons. The Balaban J connectivity index is 1.82. The molecule has 0 aromatic heterocycles. The van der Waals surface area contributed by atoms with Crippen LogP contribution in [0, 0.1) is 0 Å². The Kier molecular flexibility index (Phi) is 18.8. The second kappa shape index (κ2) is 20.2. The lowest BCUT2D eigenvalue weighted by molar-refractivity contribution is -0.301. The molecule has 0 aromatic carbocycles. The van der Waals surface area contributed by atoms with Crippen LogP contribution in [0.1, 0.15) is 122 Å². The first kappa shape index (κ1) is 29.8. The monoisotopic (exact) mass is 460 g/mol. The number of aliphatic hydroxyl groups is 4. The summed E-state index contributed by atoms with van der Waals surface area (Å²) in [6.07, 6.45) is 17.9. The van der Waals surface area contributed by atoms with E-state index in [1.807, 2.05) is 0 Å². The average Bonchev–Trinajstić information content (AvgIpc) is 2.80. The highest BCUT2D eigenvalue weighted by atomic mass is 16.7. The second-order valence-corrected chi connectivity index (χ2v) is 9.58. The molecule has 6 nitrogen and oxygen atoms in total. The molecule has 0 bridgehead atoms. The Morgan fingerprint density at radius 1 is 0.562 bits per heavy atom. The van der Waals surface area contributed by atoms with Crippen molar-refractivity contribution in [2.45, 2.75) is 153 Å². The zero-order valence-corrected chi connectivity index (χ0v) is 20.6. The molecule has 32 heavy (non-hydrogen) atoms. The lowest BCUT2D eigenvalue weighted by atomic mass is 9.99. The highest BCUT2D eigenvalue weighted by Gasteiger charge is 2.43. The highest BCUT2D eigenvalue weighted by molar-refractivity contribution is 4.88. The molecule has 0 aliphatic carbocycles. The van der Waals surface area contributed by atoms with Gasteiger partial charge in [-0.15, -0.1) is 0 Å². The maximum atomic E-state index is 9.93. The fourth-order valence-corrected chi connectivity index (χ4v) is 4.41. The molecule has 1 rings (SSSR count). The molecule has 192 valence electrons. The van der Waals surface area contributed by atoms with E-state index in [1.165, 1.54) is 103 Å². The van der Waals surface area contributed by atoms with E-state index in [-0.39, 0.29) is 0 Å². The van der Waals surface area contributed by atoms with Crippen LogP contribution in [-0.4, -0.2) is 64.3 Å². The van der Waals surface area contributed by atoms with E-state index in [0.29, 0.717) is 6.61 Å². The molecule has 0 spiro atoms. The van der Waals surface area contributed by atoms with E-state index in [0.717, 1.165) is 12.8 Å². The molecule has 0 saturated carbocycles. The summed E-state index contributed by atoms with van der Waals surface area (Å²) in [4.78, 5) is 0. The molecule has 5 atom stereocenters. The third-order valence-corrected chi connectivity index (χ3v) is 6.63. The van der Waals surface area contributed by atoms with Crippen molar-refractivity contribution in [3.05, 3.63) is 0 Å². The smallest absolute Gasteiger partial charge is 0.186 e. The first-order chi connectivity index (χ1) is 15.6. The van der Waals surface area contributed by atoms with Crippen LogP contribution >= 0.6 is 0 Å². The van der Waals surface area contributed by atoms with Crippen LogP contribution in [0.4, 0.5) is 0 Å². The Morgan fingerprint density at radius 2 is 0.969 bits per heavy atom. The fraction of sp³-hybridized carbons (Fsp3) is 1.00. The number of hydrogen-bond donors (Lipinski definition) is 4. The zero-order valence-electron chi connectivity index (χ0n) is 20.6.